The maximum Gasteiger partial charge on any atom is 0.310 e. The van der Waals surface area contributed by atoms with E-state index >= 15 is 0 Å². The van der Waals surface area contributed by atoms with Crippen LogP contribution in [0.15, 0.2) is 146 Å². The molecule has 1 unspecified atom stereocenters. The van der Waals surface area contributed by atoms with Crippen LogP contribution in [0.2, 0.25) is 0 Å². The van der Waals surface area contributed by atoms with E-state index in [-0.39, 0.29) is 38.0 Å². The minimum atomic E-state index is -0.859. The molecule has 374 valence electrons. The van der Waals surface area contributed by atoms with Gasteiger partial charge in [-0.1, -0.05) is 231 Å². The molecule has 6 heteroatoms. The minimum Gasteiger partial charge on any atom is -0.462 e. The third-order valence-corrected chi connectivity index (χ3v) is 10.4. The Morgan fingerprint density at radius 2 is 0.627 bits per heavy atom. The van der Waals surface area contributed by atoms with Gasteiger partial charge in [0, 0.05) is 12.8 Å². The summed E-state index contributed by atoms with van der Waals surface area (Å²) in [6.07, 6.45) is 77.2. The van der Waals surface area contributed by atoms with Gasteiger partial charge in [-0.2, -0.15) is 0 Å². The summed E-state index contributed by atoms with van der Waals surface area (Å²) in [4.78, 5) is 37.9. The van der Waals surface area contributed by atoms with Crippen LogP contribution in [-0.2, 0) is 28.6 Å². The van der Waals surface area contributed by atoms with Crippen molar-refractivity contribution in [1.29, 1.82) is 0 Å². The Hall–Kier alpha value is -4.71. The zero-order valence-corrected chi connectivity index (χ0v) is 42.6. The quantitative estimate of drug-likeness (QED) is 0.0262. The average Bonchev–Trinajstić information content (AvgIpc) is 3.33. The number of carbonyl (C=O) groups excluding carboxylic acids is 3. The van der Waals surface area contributed by atoms with Gasteiger partial charge in [-0.05, 0) is 96.3 Å². The number of carbonyl (C=O) groups is 3. The first-order valence-corrected chi connectivity index (χ1v) is 26.3. The monoisotopic (exact) mass is 923 g/mol. The average molecular weight is 923 g/mol. The van der Waals surface area contributed by atoms with E-state index in [0.29, 0.717) is 19.3 Å². The SMILES string of the molecule is CC/C=C\C/C=C\C/C=C\C/C=C\C/C=C\C/C=C\C/C=C\CCCC(=O)OCC(COC(=O)CCCCCCCCCCCCC)OC(=O)C/C=C\C/C=C\C/C=C\C/C=C\C/C=C\CC. The van der Waals surface area contributed by atoms with Gasteiger partial charge in [-0.3, -0.25) is 14.4 Å². The van der Waals surface area contributed by atoms with Gasteiger partial charge in [-0.25, -0.2) is 0 Å². The van der Waals surface area contributed by atoms with Crippen molar-refractivity contribution in [2.45, 2.75) is 207 Å². The first-order valence-electron chi connectivity index (χ1n) is 26.3. The van der Waals surface area contributed by atoms with Crippen LogP contribution in [-0.4, -0.2) is 37.2 Å². The molecule has 0 spiro atoms. The molecule has 0 saturated carbocycles. The summed E-state index contributed by atoms with van der Waals surface area (Å²) < 4.78 is 16.6. The molecule has 0 radical (unpaired) electrons. The molecule has 0 fully saturated rings. The van der Waals surface area contributed by atoms with E-state index < -0.39 is 12.1 Å². The lowest BCUT2D eigenvalue weighted by molar-refractivity contribution is -0.166. The summed E-state index contributed by atoms with van der Waals surface area (Å²) >= 11 is 0. The predicted octanol–water partition coefficient (Wildman–Crippen LogP) is 17.6. The number of ether oxygens (including phenoxy) is 3. The van der Waals surface area contributed by atoms with Crippen molar-refractivity contribution < 1.29 is 28.6 Å². The van der Waals surface area contributed by atoms with Crippen molar-refractivity contribution in [3.63, 3.8) is 0 Å². The number of hydrogen-bond donors (Lipinski definition) is 0. The van der Waals surface area contributed by atoms with Crippen LogP contribution in [0.5, 0.6) is 0 Å². The molecule has 0 heterocycles. The molecule has 0 aliphatic rings. The number of allylic oxidation sites excluding steroid dienone is 23. The van der Waals surface area contributed by atoms with E-state index in [2.05, 4.69) is 154 Å². The highest BCUT2D eigenvalue weighted by atomic mass is 16.6. The molecule has 0 bridgehead atoms. The fourth-order valence-corrected chi connectivity index (χ4v) is 6.51. The fraction of sp³-hybridized carbons (Fsp3) is 0.557. The number of esters is 3. The van der Waals surface area contributed by atoms with Gasteiger partial charge in [0.25, 0.3) is 0 Å². The Labute approximate surface area is 410 Å². The molecule has 0 N–H and O–H groups in total. The van der Waals surface area contributed by atoms with Crippen molar-refractivity contribution in [2.24, 2.45) is 0 Å². The Bertz CT molecular complexity index is 1530. The Morgan fingerprint density at radius 1 is 0.328 bits per heavy atom. The molecule has 0 amide bonds. The first-order chi connectivity index (χ1) is 33.0. The van der Waals surface area contributed by atoms with Crippen LogP contribution in [0.3, 0.4) is 0 Å². The van der Waals surface area contributed by atoms with Gasteiger partial charge >= 0.3 is 17.9 Å². The number of rotatable bonds is 45. The number of hydrogen-bond acceptors (Lipinski definition) is 6. The van der Waals surface area contributed by atoms with Crippen LogP contribution >= 0.6 is 0 Å². The Balaban J connectivity index is 4.57. The van der Waals surface area contributed by atoms with E-state index in [0.717, 1.165) is 96.3 Å². The largest absolute Gasteiger partial charge is 0.462 e. The summed E-state index contributed by atoms with van der Waals surface area (Å²) in [5, 5.41) is 0. The van der Waals surface area contributed by atoms with Crippen molar-refractivity contribution in [3.05, 3.63) is 146 Å². The van der Waals surface area contributed by atoms with Crippen LogP contribution in [0.4, 0.5) is 0 Å². The second-order valence-electron chi connectivity index (χ2n) is 16.7. The lowest BCUT2D eigenvalue weighted by atomic mass is 10.1. The molecule has 0 rings (SSSR count). The molecular weight excluding hydrogens is 829 g/mol. The zero-order chi connectivity index (χ0) is 48.6. The molecule has 67 heavy (non-hydrogen) atoms. The second-order valence-corrected chi connectivity index (χ2v) is 16.7. The molecule has 6 nitrogen and oxygen atoms in total. The number of unbranched alkanes of at least 4 members (excludes halogenated alkanes) is 11. The van der Waals surface area contributed by atoms with Gasteiger partial charge in [-0.15, -0.1) is 0 Å². The van der Waals surface area contributed by atoms with Gasteiger partial charge < -0.3 is 14.2 Å². The third kappa shape index (κ3) is 52.1. The molecule has 0 aromatic carbocycles. The van der Waals surface area contributed by atoms with Crippen molar-refractivity contribution >= 4 is 17.9 Å². The van der Waals surface area contributed by atoms with E-state index in [9.17, 15) is 14.4 Å². The van der Waals surface area contributed by atoms with Crippen LogP contribution in [0.1, 0.15) is 201 Å². The molecule has 0 aliphatic heterocycles. The van der Waals surface area contributed by atoms with Gasteiger partial charge in [0.15, 0.2) is 6.10 Å². The smallest absolute Gasteiger partial charge is 0.310 e. The van der Waals surface area contributed by atoms with Crippen molar-refractivity contribution in [1.82, 2.24) is 0 Å². The Kier molecular flexibility index (Phi) is 50.1. The van der Waals surface area contributed by atoms with E-state index in [1.54, 1.807) is 6.08 Å². The highest BCUT2D eigenvalue weighted by Crippen LogP contribution is 2.13. The lowest BCUT2D eigenvalue weighted by Crippen LogP contribution is -2.30. The van der Waals surface area contributed by atoms with Crippen molar-refractivity contribution in [2.75, 3.05) is 13.2 Å². The normalized spacial score (nSPS) is 13.3. The maximum atomic E-state index is 12.7. The molecule has 0 saturated heterocycles. The predicted molar refractivity (Wildman–Crippen MR) is 288 cm³/mol. The summed E-state index contributed by atoms with van der Waals surface area (Å²) in [6.45, 7) is 6.24. The standard InChI is InChI=1S/C61H94O6/c1-4-7-10-13-16-19-22-24-26-27-28-29-30-31-32-33-35-36-39-42-45-48-51-54-60(63)66-57-58(56-65-59(62)53-50-47-44-41-38-21-18-15-12-9-6-3)67-61(64)55-52-49-46-43-40-37-34-25-23-20-17-14-11-8-5-2/h7-8,10-11,16-17,19-20,24-26,28-29,31-32,34-36,40,42-43,45,49,52,58H,4-6,9,12-15,18,21-23,27,30,33,37-39,41,44,46-48,50-51,53-57H2,1-3H3/b10-7-,11-8-,19-16-,20-17-,26-24-,29-28-,32-31-,34-25-,36-35-,43-40-,45-42-,52-49-. The van der Waals surface area contributed by atoms with Crippen LogP contribution in [0.25, 0.3) is 0 Å². The molecule has 0 aromatic rings. The Morgan fingerprint density at radius 3 is 0.985 bits per heavy atom. The molecule has 0 aliphatic carbocycles. The highest BCUT2D eigenvalue weighted by molar-refractivity contribution is 5.72. The van der Waals surface area contributed by atoms with Gasteiger partial charge in [0.1, 0.15) is 13.2 Å². The second kappa shape index (κ2) is 53.9. The van der Waals surface area contributed by atoms with Crippen LogP contribution in [0, 0.1) is 0 Å². The molecular formula is C61H94O6. The lowest BCUT2D eigenvalue weighted by Gasteiger charge is -2.18. The van der Waals surface area contributed by atoms with Gasteiger partial charge in [0.2, 0.25) is 0 Å². The van der Waals surface area contributed by atoms with E-state index in [4.69, 9.17) is 14.2 Å². The topological polar surface area (TPSA) is 78.9 Å². The van der Waals surface area contributed by atoms with Gasteiger partial charge in [0.05, 0.1) is 6.42 Å². The molecule has 0 aromatic heterocycles. The first kappa shape index (κ1) is 62.3. The van der Waals surface area contributed by atoms with Crippen LogP contribution < -0.4 is 0 Å². The third-order valence-electron chi connectivity index (χ3n) is 10.4. The summed E-state index contributed by atoms with van der Waals surface area (Å²) in [5.41, 5.74) is 0. The zero-order valence-electron chi connectivity index (χ0n) is 42.6. The van der Waals surface area contributed by atoms with E-state index in [1.165, 1.54) is 51.4 Å². The van der Waals surface area contributed by atoms with E-state index in [1.807, 2.05) is 6.08 Å². The fourth-order valence-electron chi connectivity index (χ4n) is 6.51. The highest BCUT2D eigenvalue weighted by Gasteiger charge is 2.19. The molecule has 1 atom stereocenters. The van der Waals surface area contributed by atoms with Crippen molar-refractivity contribution in [3.8, 4) is 0 Å². The summed E-state index contributed by atoms with van der Waals surface area (Å²) in [7, 11) is 0. The summed E-state index contributed by atoms with van der Waals surface area (Å²) in [5.74, 6) is -1.14. The summed E-state index contributed by atoms with van der Waals surface area (Å²) in [6, 6.07) is 0. The minimum absolute atomic E-state index is 0.0789. The maximum absolute atomic E-state index is 12.7.